The molecule has 0 aliphatic carbocycles. The highest BCUT2D eigenvalue weighted by Gasteiger charge is 2.17. The Morgan fingerprint density at radius 2 is 2.19 bits per heavy atom. The summed E-state index contributed by atoms with van der Waals surface area (Å²) in [5.41, 5.74) is 1.98. The van der Waals surface area contributed by atoms with Gasteiger partial charge in [0.05, 0.1) is 26.1 Å². The van der Waals surface area contributed by atoms with Crippen molar-refractivity contribution >= 4 is 0 Å². The Morgan fingerprint density at radius 1 is 1.29 bits per heavy atom. The summed E-state index contributed by atoms with van der Waals surface area (Å²) in [5, 5.41) is 3.39. The lowest BCUT2D eigenvalue weighted by Gasteiger charge is -2.09. The van der Waals surface area contributed by atoms with Crippen LogP contribution in [0.25, 0.3) is 11.3 Å². The standard InChI is InChI=1S/C16H21N3O2/c1-20-12-3-4-13(15(8-12)21-2)14-10-18-16(19-14)7-11-5-6-17-9-11/h3-4,8,10-11,17H,5-7,9H2,1-2H3,(H,18,19). The maximum Gasteiger partial charge on any atom is 0.131 e. The number of imidazole rings is 1. The number of rotatable bonds is 5. The van der Waals surface area contributed by atoms with Gasteiger partial charge in [-0.2, -0.15) is 0 Å². The monoisotopic (exact) mass is 287 g/mol. The summed E-state index contributed by atoms with van der Waals surface area (Å²) in [4.78, 5) is 7.91. The van der Waals surface area contributed by atoms with Crippen molar-refractivity contribution in [2.24, 2.45) is 5.92 Å². The zero-order valence-electron chi connectivity index (χ0n) is 12.5. The molecule has 1 aliphatic heterocycles. The molecular weight excluding hydrogens is 266 g/mol. The molecule has 2 heterocycles. The average molecular weight is 287 g/mol. The lowest BCUT2D eigenvalue weighted by atomic mass is 10.1. The molecule has 1 unspecified atom stereocenters. The van der Waals surface area contributed by atoms with Crippen molar-refractivity contribution in [1.29, 1.82) is 0 Å². The molecule has 0 amide bonds. The van der Waals surface area contributed by atoms with E-state index in [1.807, 2.05) is 24.4 Å². The minimum Gasteiger partial charge on any atom is -0.497 e. The summed E-state index contributed by atoms with van der Waals surface area (Å²) in [5.74, 6) is 3.29. The summed E-state index contributed by atoms with van der Waals surface area (Å²) in [6.07, 6.45) is 4.09. The molecule has 21 heavy (non-hydrogen) atoms. The third-order valence-electron chi connectivity index (χ3n) is 3.97. The van der Waals surface area contributed by atoms with Gasteiger partial charge in [0.1, 0.15) is 17.3 Å². The van der Waals surface area contributed by atoms with E-state index in [4.69, 9.17) is 9.47 Å². The molecule has 0 bridgehead atoms. The molecule has 1 aliphatic rings. The molecule has 0 radical (unpaired) electrons. The molecule has 2 N–H and O–H groups in total. The second kappa shape index (κ2) is 6.18. The molecule has 3 rings (SSSR count). The Bertz CT molecular complexity index is 603. The predicted octanol–water partition coefficient (Wildman–Crippen LogP) is 2.25. The summed E-state index contributed by atoms with van der Waals surface area (Å²) >= 11 is 0. The molecule has 1 atom stereocenters. The van der Waals surface area contributed by atoms with Crippen LogP contribution in [0.15, 0.2) is 24.4 Å². The average Bonchev–Trinajstić information content (AvgIpc) is 3.19. The van der Waals surface area contributed by atoms with Gasteiger partial charge in [0.15, 0.2) is 0 Å². The first kappa shape index (κ1) is 13.9. The van der Waals surface area contributed by atoms with Crippen LogP contribution < -0.4 is 14.8 Å². The van der Waals surface area contributed by atoms with Crippen LogP contribution in [0.2, 0.25) is 0 Å². The van der Waals surface area contributed by atoms with E-state index in [9.17, 15) is 0 Å². The SMILES string of the molecule is COc1ccc(-c2cnc(CC3CCNC3)[nH]2)c(OC)c1. The number of aromatic nitrogens is 2. The van der Waals surface area contributed by atoms with E-state index < -0.39 is 0 Å². The molecule has 112 valence electrons. The van der Waals surface area contributed by atoms with Crippen LogP contribution in [0.3, 0.4) is 0 Å². The highest BCUT2D eigenvalue weighted by atomic mass is 16.5. The topological polar surface area (TPSA) is 59.2 Å². The van der Waals surface area contributed by atoms with Gasteiger partial charge in [-0.25, -0.2) is 4.98 Å². The van der Waals surface area contributed by atoms with Crippen molar-refractivity contribution in [1.82, 2.24) is 15.3 Å². The minimum atomic E-state index is 0.682. The zero-order valence-corrected chi connectivity index (χ0v) is 12.5. The lowest BCUT2D eigenvalue weighted by molar-refractivity contribution is 0.395. The van der Waals surface area contributed by atoms with E-state index in [0.29, 0.717) is 5.92 Å². The van der Waals surface area contributed by atoms with Crippen molar-refractivity contribution in [3.05, 3.63) is 30.2 Å². The second-order valence-electron chi connectivity index (χ2n) is 5.37. The molecule has 5 nitrogen and oxygen atoms in total. The van der Waals surface area contributed by atoms with Crippen LogP contribution in [0, 0.1) is 5.92 Å². The lowest BCUT2D eigenvalue weighted by Crippen LogP contribution is -2.11. The molecule has 1 aromatic heterocycles. The van der Waals surface area contributed by atoms with Gasteiger partial charge in [-0.05, 0) is 37.6 Å². The molecule has 1 saturated heterocycles. The van der Waals surface area contributed by atoms with Crippen molar-refractivity contribution in [3.8, 4) is 22.8 Å². The molecule has 1 fully saturated rings. The van der Waals surface area contributed by atoms with Crippen LogP contribution in [0.4, 0.5) is 0 Å². The fraction of sp³-hybridized carbons (Fsp3) is 0.438. The van der Waals surface area contributed by atoms with E-state index in [-0.39, 0.29) is 0 Å². The smallest absolute Gasteiger partial charge is 0.131 e. The normalized spacial score (nSPS) is 17.9. The van der Waals surface area contributed by atoms with E-state index >= 15 is 0 Å². The van der Waals surface area contributed by atoms with Gasteiger partial charge < -0.3 is 19.8 Å². The largest absolute Gasteiger partial charge is 0.497 e. The molecule has 2 aromatic rings. The van der Waals surface area contributed by atoms with Gasteiger partial charge in [0, 0.05) is 18.1 Å². The molecular formula is C16H21N3O2. The van der Waals surface area contributed by atoms with Crippen molar-refractivity contribution < 1.29 is 9.47 Å². The van der Waals surface area contributed by atoms with Gasteiger partial charge in [0.25, 0.3) is 0 Å². The summed E-state index contributed by atoms with van der Waals surface area (Å²) in [7, 11) is 3.32. The van der Waals surface area contributed by atoms with Gasteiger partial charge in [-0.3, -0.25) is 0 Å². The number of benzene rings is 1. The van der Waals surface area contributed by atoms with Crippen LogP contribution in [-0.2, 0) is 6.42 Å². The van der Waals surface area contributed by atoms with Gasteiger partial charge in [-0.15, -0.1) is 0 Å². The maximum absolute atomic E-state index is 5.45. The van der Waals surface area contributed by atoms with Crippen molar-refractivity contribution in [2.45, 2.75) is 12.8 Å². The Balaban J connectivity index is 1.81. The van der Waals surface area contributed by atoms with Crippen LogP contribution in [0.1, 0.15) is 12.2 Å². The number of aromatic amines is 1. The predicted molar refractivity (Wildman–Crippen MR) is 81.8 cm³/mol. The van der Waals surface area contributed by atoms with E-state index in [2.05, 4.69) is 15.3 Å². The first-order valence-corrected chi connectivity index (χ1v) is 7.27. The number of hydrogen-bond donors (Lipinski definition) is 2. The number of nitrogens with one attached hydrogen (secondary N) is 2. The first-order valence-electron chi connectivity index (χ1n) is 7.27. The minimum absolute atomic E-state index is 0.682. The quantitative estimate of drug-likeness (QED) is 0.885. The Morgan fingerprint density at radius 3 is 2.90 bits per heavy atom. The fourth-order valence-electron chi connectivity index (χ4n) is 2.79. The highest BCUT2D eigenvalue weighted by molar-refractivity contribution is 5.68. The number of ether oxygens (including phenoxy) is 2. The number of methoxy groups -OCH3 is 2. The Hall–Kier alpha value is -2.01. The van der Waals surface area contributed by atoms with Gasteiger partial charge in [-0.1, -0.05) is 0 Å². The van der Waals surface area contributed by atoms with E-state index in [1.54, 1.807) is 14.2 Å². The zero-order chi connectivity index (χ0) is 14.7. The third kappa shape index (κ3) is 3.03. The summed E-state index contributed by atoms with van der Waals surface area (Å²) in [6, 6.07) is 5.81. The summed E-state index contributed by atoms with van der Waals surface area (Å²) < 4.78 is 10.7. The van der Waals surface area contributed by atoms with E-state index in [1.165, 1.54) is 6.42 Å². The number of hydrogen-bond acceptors (Lipinski definition) is 4. The van der Waals surface area contributed by atoms with E-state index in [0.717, 1.165) is 48.1 Å². The Kier molecular flexibility index (Phi) is 4.10. The van der Waals surface area contributed by atoms with Crippen LogP contribution in [-0.4, -0.2) is 37.3 Å². The molecule has 5 heteroatoms. The van der Waals surface area contributed by atoms with Crippen molar-refractivity contribution in [2.75, 3.05) is 27.3 Å². The summed E-state index contributed by atoms with van der Waals surface area (Å²) in [6.45, 7) is 2.20. The first-order chi connectivity index (χ1) is 10.3. The van der Waals surface area contributed by atoms with Gasteiger partial charge >= 0.3 is 0 Å². The second-order valence-corrected chi connectivity index (χ2v) is 5.37. The number of H-pyrrole nitrogens is 1. The van der Waals surface area contributed by atoms with Crippen LogP contribution >= 0.6 is 0 Å². The van der Waals surface area contributed by atoms with Crippen molar-refractivity contribution in [3.63, 3.8) is 0 Å². The number of nitrogens with zero attached hydrogens (tertiary/aromatic N) is 1. The molecule has 0 saturated carbocycles. The Labute approximate surface area is 124 Å². The molecule has 1 aromatic carbocycles. The highest BCUT2D eigenvalue weighted by Crippen LogP contribution is 2.32. The maximum atomic E-state index is 5.45. The van der Waals surface area contributed by atoms with Gasteiger partial charge in [0.2, 0.25) is 0 Å². The van der Waals surface area contributed by atoms with Crippen LogP contribution in [0.5, 0.6) is 11.5 Å². The third-order valence-corrected chi connectivity index (χ3v) is 3.97. The fourth-order valence-corrected chi connectivity index (χ4v) is 2.79. The molecule has 0 spiro atoms.